The van der Waals surface area contributed by atoms with Crippen LogP contribution in [-0.2, 0) is 0 Å². The van der Waals surface area contributed by atoms with Gasteiger partial charge in [0.25, 0.3) is 0 Å². The van der Waals surface area contributed by atoms with Gasteiger partial charge in [-0.15, -0.1) is 0 Å². The zero-order chi connectivity index (χ0) is 20.8. The molecule has 0 amide bonds. The van der Waals surface area contributed by atoms with E-state index in [1.165, 1.54) is 134 Å². The molecule has 0 rings (SSSR count). The van der Waals surface area contributed by atoms with E-state index in [0.717, 1.165) is 0 Å². The molecule has 0 aromatic rings. The molecule has 0 aliphatic heterocycles. The van der Waals surface area contributed by atoms with E-state index in [1.54, 1.807) is 12.1 Å². The lowest BCUT2D eigenvalue weighted by molar-refractivity contribution is 0.559. The second-order valence-corrected chi connectivity index (χ2v) is 15.0. The molecule has 1 radical (unpaired) electrons. The number of unbranched alkanes of at least 4 members (excludes halogenated alkanes) is 18. The van der Waals surface area contributed by atoms with Gasteiger partial charge in [0.2, 0.25) is 0 Å². The van der Waals surface area contributed by atoms with Crippen LogP contribution >= 0.6 is 0 Å². The second-order valence-electron chi connectivity index (χ2n) is 9.92. The number of hydrogen-bond donors (Lipinski definition) is 0. The minimum atomic E-state index is -1.02. The topological polar surface area (TPSA) is 0 Å². The highest BCUT2D eigenvalue weighted by atomic mass is 28.3. The summed E-state index contributed by atoms with van der Waals surface area (Å²) in [6.07, 6.45) is 29.3. The quantitative estimate of drug-likeness (QED) is 0.116. The van der Waals surface area contributed by atoms with Gasteiger partial charge in [-0.25, -0.2) is 0 Å². The van der Waals surface area contributed by atoms with Gasteiger partial charge in [0, 0.05) is 0 Å². The summed E-state index contributed by atoms with van der Waals surface area (Å²) in [5.74, 6) is 0. The molecule has 0 aromatic carbocycles. The Labute approximate surface area is 182 Å². The van der Waals surface area contributed by atoms with Crippen molar-refractivity contribution >= 4 is 8.07 Å². The van der Waals surface area contributed by atoms with E-state index in [9.17, 15) is 0 Å². The third kappa shape index (κ3) is 19.5. The largest absolute Gasteiger partial charge is 0.0691 e. The average molecular weight is 410 g/mol. The van der Waals surface area contributed by atoms with Crippen molar-refractivity contribution in [1.82, 2.24) is 0 Å². The van der Waals surface area contributed by atoms with Crippen LogP contribution in [0.4, 0.5) is 0 Å². The Balaban J connectivity index is 3.47. The van der Waals surface area contributed by atoms with Gasteiger partial charge in [0.05, 0.1) is 8.07 Å². The summed E-state index contributed by atoms with van der Waals surface area (Å²) in [5.41, 5.74) is 0. The molecule has 0 fully saturated rings. The van der Waals surface area contributed by atoms with Crippen LogP contribution in [0.25, 0.3) is 0 Å². The fourth-order valence-electron chi connectivity index (χ4n) is 4.45. The lowest BCUT2D eigenvalue weighted by Crippen LogP contribution is -2.28. The van der Waals surface area contributed by atoms with E-state index < -0.39 is 8.07 Å². The second kappa shape index (κ2) is 21.9. The Morgan fingerprint density at radius 1 is 0.429 bits per heavy atom. The maximum atomic E-state index is 4.35. The van der Waals surface area contributed by atoms with E-state index in [2.05, 4.69) is 27.3 Å². The van der Waals surface area contributed by atoms with Crippen molar-refractivity contribution < 1.29 is 0 Å². The van der Waals surface area contributed by atoms with Crippen molar-refractivity contribution in [3.63, 3.8) is 0 Å². The fraction of sp³-hybridized carbons (Fsp3) is 0.963. The summed E-state index contributed by atoms with van der Waals surface area (Å²) in [5, 5.41) is 0. The third-order valence-electron chi connectivity index (χ3n) is 6.87. The van der Waals surface area contributed by atoms with Gasteiger partial charge in [0.15, 0.2) is 0 Å². The summed E-state index contributed by atoms with van der Waals surface area (Å²) >= 11 is 0. The first-order chi connectivity index (χ1) is 13.7. The highest BCUT2D eigenvalue weighted by molar-refractivity contribution is 6.78. The molecule has 0 unspecified atom stereocenters. The standard InChI is InChI=1S/C27H57Si/c1-5-8-10-12-14-16-18-20-22-24-26-28(4,7-3)27-25-23-21-19-17-15-13-11-9-6-2/h3,5-27H2,1-2,4H3. The van der Waals surface area contributed by atoms with Crippen molar-refractivity contribution in [2.75, 3.05) is 0 Å². The number of hydrogen-bond acceptors (Lipinski definition) is 0. The summed E-state index contributed by atoms with van der Waals surface area (Å²) in [4.78, 5) is 0. The molecule has 0 aliphatic carbocycles. The predicted molar refractivity (Wildman–Crippen MR) is 135 cm³/mol. The first-order valence-electron chi connectivity index (χ1n) is 13.5. The molecule has 0 bridgehead atoms. The molecule has 1 heteroatoms. The minimum absolute atomic E-state index is 1.02. The zero-order valence-electron chi connectivity index (χ0n) is 20.5. The van der Waals surface area contributed by atoms with Crippen LogP contribution in [0, 0.1) is 6.92 Å². The Hall–Kier alpha value is 0.217. The number of rotatable bonds is 23. The highest BCUT2D eigenvalue weighted by Gasteiger charge is 2.23. The van der Waals surface area contributed by atoms with Crippen molar-refractivity contribution in [2.45, 2.75) is 167 Å². The molecule has 0 saturated heterocycles. The Morgan fingerprint density at radius 2 is 0.679 bits per heavy atom. The molecule has 169 valence electrons. The van der Waals surface area contributed by atoms with Crippen molar-refractivity contribution in [2.24, 2.45) is 0 Å². The normalized spacial score (nSPS) is 12.0. The van der Waals surface area contributed by atoms with Gasteiger partial charge in [-0.1, -0.05) is 174 Å². The highest BCUT2D eigenvalue weighted by Crippen LogP contribution is 2.27. The SMILES string of the molecule is [CH2]C[Si](C)(CCCCCCCCCCCC)CCCCCCCCCCCC. The molecule has 0 aromatic heterocycles. The molecule has 0 saturated carbocycles. The maximum absolute atomic E-state index is 4.35. The molecular formula is C27H57Si. The smallest absolute Gasteiger partial charge is 0.0504 e. The Bertz CT molecular complexity index is 262. The summed E-state index contributed by atoms with van der Waals surface area (Å²) < 4.78 is 0. The van der Waals surface area contributed by atoms with Crippen molar-refractivity contribution in [1.29, 1.82) is 0 Å². The van der Waals surface area contributed by atoms with Gasteiger partial charge in [0.1, 0.15) is 0 Å². The van der Waals surface area contributed by atoms with Crippen LogP contribution < -0.4 is 0 Å². The van der Waals surface area contributed by atoms with E-state index >= 15 is 0 Å². The molecule has 0 spiro atoms. The Morgan fingerprint density at radius 3 is 0.929 bits per heavy atom. The Kier molecular flexibility index (Phi) is 22.1. The fourth-order valence-corrected chi connectivity index (χ4v) is 7.41. The van der Waals surface area contributed by atoms with Crippen molar-refractivity contribution in [3.05, 3.63) is 6.92 Å². The van der Waals surface area contributed by atoms with Crippen LogP contribution in [0.15, 0.2) is 0 Å². The van der Waals surface area contributed by atoms with Crippen LogP contribution in [0.1, 0.15) is 142 Å². The summed E-state index contributed by atoms with van der Waals surface area (Å²) in [6, 6.07) is 4.36. The third-order valence-corrected chi connectivity index (χ3v) is 11.2. The lowest BCUT2D eigenvalue weighted by atomic mass is 10.1. The predicted octanol–water partition coefficient (Wildman–Crippen LogP) is 10.7. The van der Waals surface area contributed by atoms with Gasteiger partial charge < -0.3 is 0 Å². The minimum Gasteiger partial charge on any atom is -0.0691 e. The van der Waals surface area contributed by atoms with Crippen LogP contribution in [0.2, 0.25) is 24.7 Å². The van der Waals surface area contributed by atoms with Crippen LogP contribution in [0.5, 0.6) is 0 Å². The van der Waals surface area contributed by atoms with E-state index in [4.69, 9.17) is 0 Å². The van der Waals surface area contributed by atoms with Gasteiger partial charge in [-0.05, 0) is 0 Å². The molecule has 0 heterocycles. The molecule has 28 heavy (non-hydrogen) atoms. The van der Waals surface area contributed by atoms with Crippen LogP contribution in [0.3, 0.4) is 0 Å². The van der Waals surface area contributed by atoms with E-state index in [-0.39, 0.29) is 0 Å². The molecule has 0 atom stereocenters. The molecule has 0 aliphatic rings. The first kappa shape index (κ1) is 28.2. The molecular weight excluding hydrogens is 352 g/mol. The van der Waals surface area contributed by atoms with E-state index in [1.807, 2.05) is 0 Å². The van der Waals surface area contributed by atoms with E-state index in [0.29, 0.717) is 0 Å². The zero-order valence-corrected chi connectivity index (χ0v) is 21.5. The van der Waals surface area contributed by atoms with Crippen LogP contribution in [-0.4, -0.2) is 8.07 Å². The summed E-state index contributed by atoms with van der Waals surface area (Å²) in [7, 11) is -1.02. The maximum Gasteiger partial charge on any atom is 0.0504 e. The van der Waals surface area contributed by atoms with Crippen molar-refractivity contribution in [3.8, 4) is 0 Å². The van der Waals surface area contributed by atoms with Gasteiger partial charge in [-0.3, -0.25) is 0 Å². The average Bonchev–Trinajstić information content (AvgIpc) is 2.71. The molecule has 0 N–H and O–H groups in total. The van der Waals surface area contributed by atoms with Gasteiger partial charge in [-0.2, -0.15) is 0 Å². The summed E-state index contributed by atoms with van der Waals surface area (Å²) in [6.45, 7) is 11.6. The molecule has 0 nitrogen and oxygen atoms in total. The monoisotopic (exact) mass is 409 g/mol. The first-order valence-corrected chi connectivity index (χ1v) is 16.6. The van der Waals surface area contributed by atoms with Gasteiger partial charge >= 0.3 is 0 Å². The lowest BCUT2D eigenvalue weighted by Gasteiger charge is -2.26.